The molecule has 4 rings (SSSR count). The van der Waals surface area contributed by atoms with Crippen LogP contribution in [0, 0.1) is 10.1 Å². The number of non-ortho nitro benzene ring substituents is 1. The highest BCUT2D eigenvalue weighted by Crippen LogP contribution is 2.41. The van der Waals surface area contributed by atoms with Crippen LogP contribution in [0.25, 0.3) is 0 Å². The smallest absolute Gasteiger partial charge is 0.279 e. The maximum Gasteiger partial charge on any atom is 0.279 e. The Balaban J connectivity index is 1.70. The van der Waals surface area contributed by atoms with Gasteiger partial charge in [0.25, 0.3) is 11.6 Å². The molecule has 1 amide bonds. The van der Waals surface area contributed by atoms with Gasteiger partial charge in [-0.1, -0.05) is 17.8 Å². The van der Waals surface area contributed by atoms with Crippen molar-refractivity contribution >= 4 is 44.0 Å². The topological polar surface area (TPSA) is 119 Å². The van der Waals surface area contributed by atoms with Crippen molar-refractivity contribution in [1.82, 2.24) is 0 Å². The molecule has 2 aromatic carbocycles. The summed E-state index contributed by atoms with van der Waals surface area (Å²) in [7, 11) is -1.63. The third-order valence-electron chi connectivity index (χ3n) is 4.92. The molecule has 2 heterocycles. The summed E-state index contributed by atoms with van der Waals surface area (Å²) < 4.78 is 29.5. The second-order valence-corrected chi connectivity index (χ2v) is 10.2. The van der Waals surface area contributed by atoms with Gasteiger partial charge in [0, 0.05) is 28.6 Å². The summed E-state index contributed by atoms with van der Waals surface area (Å²) in [5.74, 6) is 0.00889. The maximum absolute atomic E-state index is 12.7. The monoisotopic (exact) mass is 447 g/mol. The van der Waals surface area contributed by atoms with Crippen molar-refractivity contribution in [2.24, 2.45) is 4.99 Å². The number of nitro groups is 1. The van der Waals surface area contributed by atoms with E-state index in [0.29, 0.717) is 16.6 Å². The van der Waals surface area contributed by atoms with Crippen molar-refractivity contribution in [1.29, 1.82) is 0 Å². The predicted octanol–water partition coefficient (Wildman–Crippen LogP) is 2.52. The number of carbonyl (C=O) groups excluding carboxylic acids is 1. The van der Waals surface area contributed by atoms with E-state index in [2.05, 4.69) is 4.99 Å². The molecule has 2 saturated heterocycles. The van der Waals surface area contributed by atoms with Gasteiger partial charge in [-0.2, -0.15) is 4.99 Å². The fourth-order valence-electron chi connectivity index (χ4n) is 3.51. The van der Waals surface area contributed by atoms with E-state index in [1.165, 1.54) is 36.0 Å². The molecule has 0 saturated carbocycles. The van der Waals surface area contributed by atoms with E-state index >= 15 is 0 Å². The molecule has 0 aliphatic carbocycles. The summed E-state index contributed by atoms with van der Waals surface area (Å²) in [5.41, 5.74) is 0.588. The number of ether oxygens (including phenoxy) is 1. The van der Waals surface area contributed by atoms with Crippen molar-refractivity contribution in [2.75, 3.05) is 23.5 Å². The van der Waals surface area contributed by atoms with Gasteiger partial charge in [-0.15, -0.1) is 0 Å². The summed E-state index contributed by atoms with van der Waals surface area (Å²) in [6.45, 7) is 0. The number of aliphatic imine (C=N–C) groups is 1. The number of rotatable bonds is 4. The molecule has 2 fully saturated rings. The third-order valence-corrected chi connectivity index (χ3v) is 8.13. The molecule has 30 heavy (non-hydrogen) atoms. The number of hydrogen-bond donors (Lipinski definition) is 0. The van der Waals surface area contributed by atoms with Crippen molar-refractivity contribution < 1.29 is 22.9 Å². The Labute approximate surface area is 176 Å². The second kappa shape index (κ2) is 7.73. The average molecular weight is 447 g/mol. The number of benzene rings is 2. The molecule has 2 atom stereocenters. The van der Waals surface area contributed by atoms with E-state index in [1.807, 2.05) is 0 Å². The first-order valence-corrected chi connectivity index (χ1v) is 11.7. The lowest BCUT2D eigenvalue weighted by Gasteiger charge is -2.24. The molecule has 0 spiro atoms. The van der Waals surface area contributed by atoms with Gasteiger partial charge in [0.2, 0.25) is 0 Å². The summed E-state index contributed by atoms with van der Waals surface area (Å²) in [4.78, 5) is 29.1. The first-order valence-electron chi connectivity index (χ1n) is 8.95. The van der Waals surface area contributed by atoms with Gasteiger partial charge in [0.15, 0.2) is 15.0 Å². The van der Waals surface area contributed by atoms with E-state index in [4.69, 9.17) is 4.74 Å². The molecule has 11 heteroatoms. The lowest BCUT2D eigenvalue weighted by atomic mass is 10.2. The molecule has 0 unspecified atom stereocenters. The van der Waals surface area contributed by atoms with Gasteiger partial charge < -0.3 is 9.64 Å². The average Bonchev–Trinajstić information content (AvgIpc) is 3.18. The van der Waals surface area contributed by atoms with E-state index in [9.17, 15) is 23.3 Å². The first-order chi connectivity index (χ1) is 14.3. The zero-order valence-electron chi connectivity index (χ0n) is 15.8. The molecule has 0 aromatic heterocycles. The first kappa shape index (κ1) is 20.4. The number of fused-ring (bicyclic) bond motifs is 1. The number of amidine groups is 1. The Bertz CT molecular complexity index is 1150. The zero-order chi connectivity index (χ0) is 21.5. The van der Waals surface area contributed by atoms with Crippen molar-refractivity contribution in [2.45, 2.75) is 11.3 Å². The van der Waals surface area contributed by atoms with Crippen LogP contribution in [0.1, 0.15) is 10.4 Å². The van der Waals surface area contributed by atoms with Crippen LogP contribution in [0.4, 0.5) is 11.4 Å². The summed E-state index contributed by atoms with van der Waals surface area (Å²) in [5, 5.41) is 11.1. The minimum Gasteiger partial charge on any atom is -0.497 e. The Kier molecular flexibility index (Phi) is 5.24. The Morgan fingerprint density at radius 2 is 1.97 bits per heavy atom. The number of anilines is 1. The number of carbonyl (C=O) groups is 1. The molecule has 9 nitrogen and oxygen atoms in total. The summed E-state index contributed by atoms with van der Waals surface area (Å²) in [6, 6.07) is 12.1. The van der Waals surface area contributed by atoms with Gasteiger partial charge >= 0.3 is 0 Å². The van der Waals surface area contributed by atoms with Crippen LogP contribution in [-0.2, 0) is 9.84 Å². The number of hydrogen-bond acceptors (Lipinski definition) is 7. The van der Waals surface area contributed by atoms with Crippen LogP contribution in [0.2, 0.25) is 0 Å². The van der Waals surface area contributed by atoms with Crippen LogP contribution in [-0.4, -0.2) is 54.3 Å². The van der Waals surface area contributed by atoms with Crippen LogP contribution >= 0.6 is 11.8 Å². The number of amides is 1. The van der Waals surface area contributed by atoms with E-state index in [0.717, 1.165) is 0 Å². The molecular weight excluding hydrogens is 430 g/mol. The molecule has 0 N–H and O–H groups in total. The van der Waals surface area contributed by atoms with Crippen LogP contribution < -0.4 is 9.64 Å². The Morgan fingerprint density at radius 1 is 1.23 bits per heavy atom. The SMILES string of the molecule is COc1ccc(N2C(=NC(=O)c3cccc([N+](=O)[O-])c3)S[C@H]3CS(=O)(=O)C[C@H]32)cc1. The number of nitrogens with zero attached hydrogens (tertiary/aromatic N) is 3. The molecule has 0 radical (unpaired) electrons. The number of nitro benzene ring substituents is 1. The zero-order valence-corrected chi connectivity index (χ0v) is 17.4. The predicted molar refractivity (Wildman–Crippen MR) is 114 cm³/mol. The fraction of sp³-hybridized carbons (Fsp3) is 0.263. The van der Waals surface area contributed by atoms with E-state index in [-0.39, 0.29) is 34.0 Å². The Hall–Kier alpha value is -2.92. The minimum atomic E-state index is -3.18. The van der Waals surface area contributed by atoms with Crippen molar-refractivity contribution in [3.05, 3.63) is 64.2 Å². The van der Waals surface area contributed by atoms with Crippen molar-refractivity contribution in [3.63, 3.8) is 0 Å². The van der Waals surface area contributed by atoms with Gasteiger partial charge in [-0.25, -0.2) is 8.42 Å². The number of sulfone groups is 1. The lowest BCUT2D eigenvalue weighted by Crippen LogP contribution is -2.37. The van der Waals surface area contributed by atoms with Crippen LogP contribution in [0.15, 0.2) is 53.5 Å². The van der Waals surface area contributed by atoms with Gasteiger partial charge in [-0.3, -0.25) is 14.9 Å². The minimum absolute atomic E-state index is 0.0129. The normalized spacial score (nSPS) is 23.4. The second-order valence-electron chi connectivity index (χ2n) is 6.88. The quantitative estimate of drug-likeness (QED) is 0.518. The standard InChI is InChI=1S/C19H17N3O6S2/c1-28-15-7-5-13(6-8-15)21-16-10-30(26,27)11-17(16)29-19(21)20-18(23)12-3-2-4-14(9-12)22(24)25/h2-9,16-17H,10-11H2,1H3/t16-,17+/m1/s1. The largest absolute Gasteiger partial charge is 0.497 e. The molecule has 0 bridgehead atoms. The van der Waals surface area contributed by atoms with E-state index < -0.39 is 20.7 Å². The van der Waals surface area contributed by atoms with Gasteiger partial charge in [0.1, 0.15) is 5.75 Å². The summed E-state index contributed by atoms with van der Waals surface area (Å²) in [6.07, 6.45) is 0. The number of thioether (sulfide) groups is 1. The van der Waals surface area contributed by atoms with E-state index in [1.54, 1.807) is 36.3 Å². The lowest BCUT2D eigenvalue weighted by molar-refractivity contribution is -0.384. The molecular formula is C19H17N3O6S2. The molecule has 156 valence electrons. The van der Waals surface area contributed by atoms with Crippen LogP contribution in [0.5, 0.6) is 5.75 Å². The molecule has 2 aromatic rings. The van der Waals surface area contributed by atoms with Gasteiger partial charge in [0.05, 0.1) is 29.6 Å². The highest BCUT2D eigenvalue weighted by molar-refractivity contribution is 8.16. The third kappa shape index (κ3) is 3.90. The van der Waals surface area contributed by atoms with Crippen LogP contribution in [0.3, 0.4) is 0 Å². The fourth-order valence-corrected chi connectivity index (χ4v) is 7.43. The number of methoxy groups -OCH3 is 1. The highest BCUT2D eigenvalue weighted by atomic mass is 32.2. The summed E-state index contributed by atoms with van der Waals surface area (Å²) >= 11 is 1.24. The van der Waals surface area contributed by atoms with Gasteiger partial charge in [-0.05, 0) is 30.3 Å². The maximum atomic E-state index is 12.7. The highest BCUT2D eigenvalue weighted by Gasteiger charge is 2.49. The Morgan fingerprint density at radius 3 is 2.63 bits per heavy atom. The molecule has 2 aliphatic rings. The van der Waals surface area contributed by atoms with Crippen molar-refractivity contribution in [3.8, 4) is 5.75 Å². The molecule has 2 aliphatic heterocycles.